The van der Waals surface area contributed by atoms with Crippen LogP contribution in [0.4, 0.5) is 0 Å². The van der Waals surface area contributed by atoms with Gasteiger partial charge in [0.2, 0.25) is 0 Å². The third kappa shape index (κ3) is 11.5. The Hall–Kier alpha value is -4.98. The Labute approximate surface area is 442 Å². The molecule has 68 heavy (non-hydrogen) atoms. The molecule has 0 heterocycles. The SMILES string of the molecule is Cc1ccccc1-c1[c-]c2c(cc1C(C)(C)c1ccccc1)-c1cc(C(C)(C)c3ccccc3)c(-c3ccccc3C)cc1C2.Clc1cccc([C](=[Zr+2])c2cccc(Cl)c2)c1.[Cl-].[Cl-].c1cc[cH-]c1. The molecular weight excluding hydrogens is 990 g/mol. The summed E-state index contributed by atoms with van der Waals surface area (Å²) in [4.78, 5) is 0. The minimum absolute atomic E-state index is 0. The number of halogens is 4. The van der Waals surface area contributed by atoms with Crippen molar-refractivity contribution < 1.29 is 49.0 Å². The van der Waals surface area contributed by atoms with Gasteiger partial charge in [0.1, 0.15) is 0 Å². The smallest absolute Gasteiger partial charge is 0.172 e. The second-order valence-corrected chi connectivity index (χ2v) is 20.3. The van der Waals surface area contributed by atoms with Gasteiger partial charge in [-0.25, -0.2) is 12.1 Å². The van der Waals surface area contributed by atoms with Gasteiger partial charge in [-0.3, -0.25) is 0 Å². The molecule has 0 fully saturated rings. The van der Waals surface area contributed by atoms with Crippen LogP contribution < -0.4 is 24.8 Å². The summed E-state index contributed by atoms with van der Waals surface area (Å²) in [5, 5.41) is 1.53. The van der Waals surface area contributed by atoms with Gasteiger partial charge in [-0.15, -0.1) is 28.8 Å². The molecule has 9 aromatic rings. The van der Waals surface area contributed by atoms with Crippen molar-refractivity contribution in [3.8, 4) is 33.4 Å². The predicted octanol–water partition coefficient (Wildman–Crippen LogP) is 11.2. The van der Waals surface area contributed by atoms with Gasteiger partial charge in [-0.2, -0.15) is 18.2 Å². The topological polar surface area (TPSA) is 0 Å². The van der Waals surface area contributed by atoms with Crippen molar-refractivity contribution in [3.05, 3.63) is 278 Å². The van der Waals surface area contributed by atoms with Crippen molar-refractivity contribution in [1.82, 2.24) is 0 Å². The normalized spacial score (nSPS) is 11.3. The Morgan fingerprint density at radius 2 is 0.956 bits per heavy atom. The Balaban J connectivity index is 0.000000274. The maximum Gasteiger partial charge on any atom is -0.172 e. The number of hydrogen-bond donors (Lipinski definition) is 0. The molecule has 9 aromatic carbocycles. The zero-order chi connectivity index (χ0) is 46.4. The predicted molar refractivity (Wildman–Crippen MR) is 279 cm³/mol. The minimum atomic E-state index is -0.208. The average Bonchev–Trinajstić information content (AvgIpc) is 4.04. The monoisotopic (exact) mass is 1040 g/mol. The number of rotatable bonds is 8. The van der Waals surface area contributed by atoms with E-state index >= 15 is 0 Å². The van der Waals surface area contributed by atoms with Gasteiger partial charge in [0.15, 0.2) is 0 Å². The minimum Gasteiger partial charge on any atom is -1.00 e. The third-order valence-corrected chi connectivity index (χ3v) is 14.9. The fraction of sp³-hybridized carbons (Fsp3) is 0.143. The van der Waals surface area contributed by atoms with Crippen LogP contribution in [0.2, 0.25) is 10.0 Å². The first kappa shape index (κ1) is 52.4. The maximum absolute atomic E-state index is 5.98. The summed E-state index contributed by atoms with van der Waals surface area (Å²) in [5.41, 5.74) is 20.3. The van der Waals surface area contributed by atoms with Crippen molar-refractivity contribution in [3.63, 3.8) is 0 Å². The van der Waals surface area contributed by atoms with Gasteiger partial charge in [-0.05, 0) is 64.6 Å². The first-order chi connectivity index (χ1) is 31.8. The van der Waals surface area contributed by atoms with E-state index in [0.717, 1.165) is 27.6 Å². The Morgan fingerprint density at radius 3 is 1.44 bits per heavy atom. The molecule has 1 aliphatic carbocycles. The van der Waals surface area contributed by atoms with Crippen molar-refractivity contribution >= 4 is 26.4 Å². The van der Waals surface area contributed by atoms with Crippen LogP contribution in [0, 0.1) is 19.9 Å². The summed E-state index contributed by atoms with van der Waals surface area (Å²) in [6.45, 7) is 13.9. The fourth-order valence-electron chi connectivity index (χ4n) is 9.17. The Kier molecular flexibility index (Phi) is 17.8. The quantitative estimate of drug-likeness (QED) is 0.133. The van der Waals surface area contributed by atoms with Crippen LogP contribution in [0.1, 0.15) is 83.3 Å². The van der Waals surface area contributed by atoms with Crippen LogP contribution in [0.5, 0.6) is 0 Å². The largest absolute Gasteiger partial charge is 1.00 e. The van der Waals surface area contributed by atoms with Gasteiger partial charge >= 0.3 is 120 Å². The average molecular weight is 1040 g/mol. The molecule has 0 saturated carbocycles. The number of benzene rings is 8. The van der Waals surface area contributed by atoms with E-state index in [0.29, 0.717) is 0 Å². The first-order valence-electron chi connectivity index (χ1n) is 22.6. The van der Waals surface area contributed by atoms with Gasteiger partial charge < -0.3 is 24.8 Å². The van der Waals surface area contributed by atoms with Crippen LogP contribution in [0.15, 0.2) is 206 Å². The molecule has 0 nitrogen and oxygen atoms in total. The summed E-state index contributed by atoms with van der Waals surface area (Å²) in [5.74, 6) is 0. The molecular formula is C63H54Cl4Zr-2. The fourth-order valence-corrected chi connectivity index (χ4v) is 10.3. The van der Waals surface area contributed by atoms with Crippen molar-refractivity contribution in [2.75, 3.05) is 0 Å². The van der Waals surface area contributed by atoms with E-state index in [1.165, 1.54) is 105 Å². The Morgan fingerprint density at radius 1 is 0.485 bits per heavy atom. The second kappa shape index (κ2) is 23.1. The van der Waals surface area contributed by atoms with Gasteiger partial charge in [0.05, 0.1) is 0 Å². The summed E-state index contributed by atoms with van der Waals surface area (Å²) in [6, 6.07) is 76.8. The van der Waals surface area contributed by atoms with Crippen LogP contribution in [0.25, 0.3) is 33.4 Å². The van der Waals surface area contributed by atoms with E-state index in [2.05, 4.69) is 187 Å². The first-order valence-corrected chi connectivity index (χ1v) is 24.6. The molecule has 0 aromatic heterocycles. The molecule has 0 saturated heterocycles. The molecule has 0 radical (unpaired) electrons. The molecule has 0 atom stereocenters. The van der Waals surface area contributed by atoms with Crippen molar-refractivity contribution in [1.29, 1.82) is 0 Å². The number of hydrogen-bond acceptors (Lipinski definition) is 0. The van der Waals surface area contributed by atoms with Crippen molar-refractivity contribution in [2.24, 2.45) is 0 Å². The maximum atomic E-state index is 5.98. The van der Waals surface area contributed by atoms with Gasteiger partial charge in [-0.1, -0.05) is 171 Å². The zero-order valence-corrected chi connectivity index (χ0v) is 44.8. The van der Waals surface area contributed by atoms with Crippen LogP contribution in [-0.4, -0.2) is 3.21 Å². The summed E-state index contributed by atoms with van der Waals surface area (Å²) in [7, 11) is 0. The molecule has 0 aliphatic heterocycles. The summed E-state index contributed by atoms with van der Waals surface area (Å²) in [6.07, 6.45) is 0.889. The van der Waals surface area contributed by atoms with Crippen LogP contribution >= 0.6 is 23.2 Å². The van der Waals surface area contributed by atoms with Crippen molar-refractivity contribution in [2.45, 2.75) is 58.8 Å². The molecule has 0 unspecified atom stereocenters. The van der Waals surface area contributed by atoms with E-state index in [1.807, 2.05) is 66.7 Å². The summed E-state index contributed by atoms with van der Waals surface area (Å²) < 4.78 is 1.26. The van der Waals surface area contributed by atoms with Crippen LogP contribution in [-0.2, 0) is 41.5 Å². The zero-order valence-electron chi connectivity index (χ0n) is 39.3. The molecule has 340 valence electrons. The van der Waals surface area contributed by atoms with E-state index in [9.17, 15) is 0 Å². The van der Waals surface area contributed by atoms with E-state index in [-0.39, 0.29) is 35.6 Å². The molecule has 1 aliphatic rings. The van der Waals surface area contributed by atoms with Crippen LogP contribution in [0.3, 0.4) is 0 Å². The number of fused-ring (bicyclic) bond motifs is 3. The second-order valence-electron chi connectivity index (χ2n) is 18.2. The van der Waals surface area contributed by atoms with Gasteiger partial charge in [0, 0.05) is 5.41 Å². The van der Waals surface area contributed by atoms with Gasteiger partial charge in [0.25, 0.3) is 0 Å². The molecule has 0 amide bonds. The molecule has 0 N–H and O–H groups in total. The number of aryl methyl sites for hydroxylation is 2. The molecule has 10 rings (SSSR count). The molecule has 0 bridgehead atoms. The van der Waals surface area contributed by atoms with E-state index in [4.69, 9.17) is 23.2 Å². The molecule has 0 spiro atoms. The Bertz CT molecular complexity index is 2900. The van der Waals surface area contributed by atoms with E-state index in [1.54, 1.807) is 0 Å². The third-order valence-electron chi connectivity index (χ3n) is 13.0. The standard InChI is InChI=1S/C45H41.C13H8Cl2.C5H5.2ClH.Zr/c1-30-17-13-15-23-36(30)40-26-32-25-33-27-41(37-24-16-14-18-31(37)2)43(45(5,6)35-21-11-8-12-22-35)29-39(33)38(32)28-42(40)44(3,4)34-19-9-7-10-20-34;14-12-5-1-3-10(8-12)7-11-4-2-6-13(15)9-11;1-2-4-5-3-1;;;/h7-24,26,28-29H,25H2,1-6H3;1-6,8-9H;1-5H;2*1H;/q-1;;-1;;;+2/p-2. The molecule has 5 heteroatoms. The summed E-state index contributed by atoms with van der Waals surface area (Å²) >= 11 is 13.3. The van der Waals surface area contributed by atoms with E-state index < -0.39 is 0 Å².